The van der Waals surface area contributed by atoms with Crippen molar-refractivity contribution in [3.05, 3.63) is 18.2 Å². The molecule has 21 heavy (non-hydrogen) atoms. The Labute approximate surface area is 130 Å². The lowest BCUT2D eigenvalue weighted by atomic mass is 9.83. The number of nitrogens with two attached hydrogens (primary N) is 1. The third-order valence-electron chi connectivity index (χ3n) is 4.17. The van der Waals surface area contributed by atoms with E-state index in [1.54, 1.807) is 0 Å². The van der Waals surface area contributed by atoms with E-state index in [2.05, 4.69) is 12.1 Å². The summed E-state index contributed by atoms with van der Waals surface area (Å²) in [5.74, 6) is 1.68. The first-order valence-corrected chi connectivity index (χ1v) is 8.53. The second-order valence-corrected chi connectivity index (χ2v) is 7.39. The lowest BCUT2D eigenvalue weighted by Crippen LogP contribution is -2.48. The Kier molecular flexibility index (Phi) is 4.62. The van der Waals surface area contributed by atoms with Crippen LogP contribution in [0.25, 0.3) is 0 Å². The summed E-state index contributed by atoms with van der Waals surface area (Å²) in [4.78, 5) is 1.19. The summed E-state index contributed by atoms with van der Waals surface area (Å²) in [6.07, 6.45) is 4.94. The van der Waals surface area contributed by atoms with Crippen LogP contribution in [-0.4, -0.2) is 35.7 Å². The fourth-order valence-corrected chi connectivity index (χ4v) is 4.40. The summed E-state index contributed by atoms with van der Waals surface area (Å²) in [5, 5.41) is 9.91. The molecule has 0 saturated heterocycles. The zero-order valence-electron chi connectivity index (χ0n) is 12.2. The van der Waals surface area contributed by atoms with Crippen LogP contribution in [0.5, 0.6) is 11.5 Å². The third kappa shape index (κ3) is 3.65. The Hall–Kier alpha value is -0.910. The fourth-order valence-electron chi connectivity index (χ4n) is 2.99. The number of ether oxygens (including phenoxy) is 2. The first kappa shape index (κ1) is 15.0. The van der Waals surface area contributed by atoms with Gasteiger partial charge in [0.2, 0.25) is 0 Å². The van der Waals surface area contributed by atoms with E-state index < -0.39 is 5.54 Å². The van der Waals surface area contributed by atoms with E-state index in [0.29, 0.717) is 18.5 Å². The van der Waals surface area contributed by atoms with Crippen molar-refractivity contribution in [1.82, 2.24) is 0 Å². The minimum absolute atomic E-state index is 0.0746. The highest BCUT2D eigenvalue weighted by atomic mass is 32.2. The van der Waals surface area contributed by atoms with E-state index in [-0.39, 0.29) is 6.61 Å². The van der Waals surface area contributed by atoms with Crippen LogP contribution in [0, 0.1) is 0 Å². The van der Waals surface area contributed by atoms with Crippen LogP contribution >= 0.6 is 11.8 Å². The molecule has 4 nitrogen and oxygen atoms in total. The summed E-state index contributed by atoms with van der Waals surface area (Å²) < 4.78 is 11.4. The van der Waals surface area contributed by atoms with E-state index in [0.717, 1.165) is 43.6 Å². The van der Waals surface area contributed by atoms with Gasteiger partial charge in [0.15, 0.2) is 11.5 Å². The number of rotatable bonds is 3. The highest BCUT2D eigenvalue weighted by molar-refractivity contribution is 8.00. The van der Waals surface area contributed by atoms with Crippen LogP contribution in [0.15, 0.2) is 23.1 Å². The van der Waals surface area contributed by atoms with Crippen molar-refractivity contribution < 1.29 is 14.6 Å². The maximum atomic E-state index is 9.45. The van der Waals surface area contributed by atoms with Gasteiger partial charge in [0.05, 0.1) is 19.8 Å². The van der Waals surface area contributed by atoms with E-state index in [9.17, 15) is 5.11 Å². The van der Waals surface area contributed by atoms with Crippen molar-refractivity contribution >= 4 is 11.8 Å². The van der Waals surface area contributed by atoms with Crippen molar-refractivity contribution in [2.24, 2.45) is 5.73 Å². The SMILES string of the molecule is NC1(CO)CCCC(Sc2ccc3c(c2)OCCCO3)C1. The van der Waals surface area contributed by atoms with Gasteiger partial charge in [-0.05, 0) is 37.5 Å². The molecule has 0 bridgehead atoms. The molecule has 1 aliphatic heterocycles. The zero-order valence-corrected chi connectivity index (χ0v) is 13.0. The lowest BCUT2D eigenvalue weighted by molar-refractivity contribution is 0.159. The first-order chi connectivity index (χ1) is 10.2. The highest BCUT2D eigenvalue weighted by Gasteiger charge is 2.32. The predicted molar refractivity (Wildman–Crippen MR) is 84.2 cm³/mol. The molecule has 0 amide bonds. The Bertz CT molecular complexity index is 496. The van der Waals surface area contributed by atoms with E-state index in [4.69, 9.17) is 15.2 Å². The molecule has 2 aliphatic rings. The van der Waals surface area contributed by atoms with Gasteiger partial charge in [0.1, 0.15) is 0 Å². The van der Waals surface area contributed by atoms with Crippen molar-refractivity contribution in [2.75, 3.05) is 19.8 Å². The molecule has 5 heteroatoms. The van der Waals surface area contributed by atoms with Crippen LogP contribution in [0.1, 0.15) is 32.1 Å². The normalized spacial score (nSPS) is 29.0. The fraction of sp³-hybridized carbons (Fsp3) is 0.625. The minimum Gasteiger partial charge on any atom is -0.490 e. The van der Waals surface area contributed by atoms with Gasteiger partial charge in [0.25, 0.3) is 0 Å². The lowest BCUT2D eigenvalue weighted by Gasteiger charge is -2.36. The standard InChI is InChI=1S/C16H23NO3S/c17-16(11-18)6-1-3-13(10-16)21-12-4-5-14-15(9-12)20-8-2-7-19-14/h4-5,9,13,18H,1-3,6-8,10-11,17H2. The van der Waals surface area contributed by atoms with Gasteiger partial charge in [-0.1, -0.05) is 6.42 Å². The van der Waals surface area contributed by atoms with E-state index in [1.165, 1.54) is 4.90 Å². The number of aliphatic hydroxyl groups excluding tert-OH is 1. The van der Waals surface area contributed by atoms with Gasteiger partial charge < -0.3 is 20.3 Å². The number of thioether (sulfide) groups is 1. The van der Waals surface area contributed by atoms with Gasteiger partial charge in [-0.15, -0.1) is 11.8 Å². The number of benzene rings is 1. The number of fused-ring (bicyclic) bond motifs is 1. The third-order valence-corrected chi connectivity index (χ3v) is 5.43. The smallest absolute Gasteiger partial charge is 0.162 e. The monoisotopic (exact) mass is 309 g/mol. The van der Waals surface area contributed by atoms with Crippen LogP contribution in [-0.2, 0) is 0 Å². The zero-order chi connectivity index (χ0) is 14.7. The van der Waals surface area contributed by atoms with Gasteiger partial charge in [-0.3, -0.25) is 0 Å². The molecule has 116 valence electrons. The predicted octanol–water partition coefficient (Wildman–Crippen LogP) is 2.57. The minimum atomic E-state index is -0.402. The highest BCUT2D eigenvalue weighted by Crippen LogP contribution is 2.40. The molecule has 3 rings (SSSR count). The summed E-state index contributed by atoms with van der Waals surface area (Å²) in [7, 11) is 0. The van der Waals surface area contributed by atoms with Gasteiger partial charge in [-0.25, -0.2) is 0 Å². The van der Waals surface area contributed by atoms with Crippen LogP contribution in [0.4, 0.5) is 0 Å². The summed E-state index contributed by atoms with van der Waals surface area (Å²) in [6, 6.07) is 6.15. The summed E-state index contributed by atoms with van der Waals surface area (Å²) in [5.41, 5.74) is 5.82. The molecule has 0 aromatic heterocycles. The first-order valence-electron chi connectivity index (χ1n) is 7.65. The molecule has 1 aromatic carbocycles. The molecular formula is C16H23NO3S. The van der Waals surface area contributed by atoms with E-state index >= 15 is 0 Å². The maximum Gasteiger partial charge on any atom is 0.162 e. The van der Waals surface area contributed by atoms with Gasteiger partial charge >= 0.3 is 0 Å². The molecule has 1 fully saturated rings. The molecule has 1 aliphatic carbocycles. The topological polar surface area (TPSA) is 64.7 Å². The van der Waals surface area contributed by atoms with Crippen molar-refractivity contribution in [1.29, 1.82) is 0 Å². The Morgan fingerprint density at radius 2 is 2.05 bits per heavy atom. The largest absolute Gasteiger partial charge is 0.490 e. The molecule has 3 N–H and O–H groups in total. The molecule has 0 radical (unpaired) electrons. The quantitative estimate of drug-likeness (QED) is 0.898. The molecule has 1 saturated carbocycles. The van der Waals surface area contributed by atoms with Crippen molar-refractivity contribution in [3.63, 3.8) is 0 Å². The number of hydrogen-bond acceptors (Lipinski definition) is 5. The molecule has 2 unspecified atom stereocenters. The van der Waals surface area contributed by atoms with Crippen molar-refractivity contribution in [2.45, 2.75) is 47.8 Å². The van der Waals surface area contributed by atoms with Gasteiger partial charge in [0, 0.05) is 22.1 Å². The van der Waals surface area contributed by atoms with Gasteiger partial charge in [-0.2, -0.15) is 0 Å². The molecule has 1 aromatic rings. The summed E-state index contributed by atoms with van der Waals surface area (Å²) in [6.45, 7) is 1.50. The van der Waals surface area contributed by atoms with Crippen LogP contribution in [0.3, 0.4) is 0 Å². The second kappa shape index (κ2) is 6.46. The average molecular weight is 309 g/mol. The van der Waals surface area contributed by atoms with Crippen LogP contribution in [0.2, 0.25) is 0 Å². The molecular weight excluding hydrogens is 286 g/mol. The Morgan fingerprint density at radius 3 is 2.86 bits per heavy atom. The van der Waals surface area contributed by atoms with Crippen molar-refractivity contribution in [3.8, 4) is 11.5 Å². The number of aliphatic hydroxyl groups is 1. The molecule has 2 atom stereocenters. The molecule has 0 spiro atoms. The Morgan fingerprint density at radius 1 is 1.24 bits per heavy atom. The van der Waals surface area contributed by atoms with Crippen LogP contribution < -0.4 is 15.2 Å². The Balaban J connectivity index is 1.69. The molecule has 1 heterocycles. The summed E-state index contributed by atoms with van der Waals surface area (Å²) >= 11 is 1.84. The second-order valence-electron chi connectivity index (χ2n) is 6.02. The maximum absolute atomic E-state index is 9.45. The average Bonchev–Trinajstić information content (AvgIpc) is 2.72. The number of hydrogen-bond donors (Lipinski definition) is 2. The van der Waals surface area contributed by atoms with E-state index in [1.807, 2.05) is 17.8 Å².